The van der Waals surface area contributed by atoms with Crippen molar-refractivity contribution in [3.8, 4) is 0 Å². The van der Waals surface area contributed by atoms with Crippen LogP contribution in [-0.2, 0) is 9.53 Å². The second kappa shape index (κ2) is 13.4. The van der Waals surface area contributed by atoms with E-state index in [9.17, 15) is 9.18 Å². The molecule has 7 nitrogen and oxygen atoms in total. The van der Waals surface area contributed by atoms with Crippen LogP contribution in [0.2, 0.25) is 0 Å². The number of benzene rings is 1. The molecule has 2 N–H and O–H groups in total. The zero-order chi connectivity index (χ0) is 23.0. The summed E-state index contributed by atoms with van der Waals surface area (Å²) in [5.74, 6) is 0.655. The molecule has 1 amide bonds. The van der Waals surface area contributed by atoms with Crippen molar-refractivity contribution in [2.24, 2.45) is 10.4 Å². The van der Waals surface area contributed by atoms with E-state index in [1.54, 1.807) is 4.90 Å². The van der Waals surface area contributed by atoms with Gasteiger partial charge < -0.3 is 20.3 Å². The van der Waals surface area contributed by atoms with E-state index in [-0.39, 0.29) is 41.7 Å². The normalized spacial score (nSPS) is 19.5. The van der Waals surface area contributed by atoms with Crippen molar-refractivity contribution in [3.05, 3.63) is 35.6 Å². The number of hydrogen-bond donors (Lipinski definition) is 2. The predicted octanol–water partition coefficient (Wildman–Crippen LogP) is 3.02. The average Bonchev–Trinajstić information content (AvgIpc) is 3.29. The molecule has 2 fully saturated rings. The van der Waals surface area contributed by atoms with Crippen LogP contribution in [0.15, 0.2) is 29.3 Å². The largest absolute Gasteiger partial charge is 0.379 e. The van der Waals surface area contributed by atoms with Gasteiger partial charge in [0.2, 0.25) is 5.91 Å². The maximum absolute atomic E-state index is 13.5. The molecule has 0 spiro atoms. The van der Waals surface area contributed by atoms with Crippen molar-refractivity contribution < 1.29 is 13.9 Å². The van der Waals surface area contributed by atoms with Gasteiger partial charge >= 0.3 is 0 Å². The Morgan fingerprint density at radius 1 is 1.18 bits per heavy atom. The van der Waals surface area contributed by atoms with Crippen molar-refractivity contribution in [3.63, 3.8) is 0 Å². The monoisotopic (exact) mass is 575 g/mol. The number of rotatable bonds is 8. The van der Waals surface area contributed by atoms with Gasteiger partial charge in [0.25, 0.3) is 0 Å². The summed E-state index contributed by atoms with van der Waals surface area (Å²) in [6, 6.07) is 6.80. The van der Waals surface area contributed by atoms with Gasteiger partial charge in [-0.2, -0.15) is 0 Å². The van der Waals surface area contributed by atoms with Crippen molar-refractivity contribution in [2.75, 3.05) is 60.0 Å². The Kier molecular flexibility index (Phi) is 11.3. The van der Waals surface area contributed by atoms with E-state index in [0.717, 1.165) is 50.9 Å². The van der Waals surface area contributed by atoms with Gasteiger partial charge in [-0.1, -0.05) is 25.0 Å². The molecule has 1 aromatic carbocycles. The summed E-state index contributed by atoms with van der Waals surface area (Å²) >= 11 is 0. The lowest BCUT2D eigenvalue weighted by molar-refractivity contribution is -0.138. The molecule has 1 aromatic rings. The van der Waals surface area contributed by atoms with Crippen LogP contribution in [0, 0.1) is 11.2 Å². The highest BCUT2D eigenvalue weighted by molar-refractivity contribution is 14.0. The minimum Gasteiger partial charge on any atom is -0.379 e. The Bertz CT molecular complexity index is 763. The molecule has 0 radical (unpaired) electrons. The summed E-state index contributed by atoms with van der Waals surface area (Å²) in [6.45, 7) is 6.94. The third-order valence-corrected chi connectivity index (χ3v) is 6.51. The predicted molar refractivity (Wildman–Crippen MR) is 141 cm³/mol. The van der Waals surface area contributed by atoms with Gasteiger partial charge in [-0.25, -0.2) is 4.39 Å². The van der Waals surface area contributed by atoms with E-state index in [4.69, 9.17) is 9.73 Å². The second-order valence-corrected chi connectivity index (χ2v) is 8.98. The van der Waals surface area contributed by atoms with Crippen molar-refractivity contribution in [1.29, 1.82) is 0 Å². The molecule has 1 saturated carbocycles. The fourth-order valence-corrected chi connectivity index (χ4v) is 4.76. The Morgan fingerprint density at radius 2 is 1.82 bits per heavy atom. The molecule has 33 heavy (non-hydrogen) atoms. The maximum Gasteiger partial charge on any atom is 0.230 e. The quantitative estimate of drug-likeness (QED) is 0.284. The van der Waals surface area contributed by atoms with Gasteiger partial charge in [-0.15, -0.1) is 24.0 Å². The number of nitrogens with zero attached hydrogens (tertiary/aromatic N) is 3. The number of hydrogen-bond acceptors (Lipinski definition) is 4. The highest BCUT2D eigenvalue weighted by Crippen LogP contribution is 2.39. The van der Waals surface area contributed by atoms with Crippen LogP contribution in [0.1, 0.15) is 44.2 Å². The fourth-order valence-electron chi connectivity index (χ4n) is 4.76. The number of guanidine groups is 1. The van der Waals surface area contributed by atoms with E-state index in [1.165, 1.54) is 12.1 Å². The van der Waals surface area contributed by atoms with Gasteiger partial charge in [-0.3, -0.25) is 14.7 Å². The molecule has 1 heterocycles. The molecular weight excluding hydrogens is 536 g/mol. The van der Waals surface area contributed by atoms with E-state index < -0.39 is 5.41 Å². The number of amides is 1. The minimum absolute atomic E-state index is 0. The van der Waals surface area contributed by atoms with Crippen LogP contribution in [-0.4, -0.2) is 81.7 Å². The van der Waals surface area contributed by atoms with Gasteiger partial charge in [-0.05, 0) is 37.5 Å². The number of halogens is 2. The molecule has 2 aliphatic rings. The molecule has 1 saturated heterocycles. The molecule has 1 atom stereocenters. The van der Waals surface area contributed by atoms with Gasteiger partial charge in [0.1, 0.15) is 5.82 Å². The number of ether oxygens (including phenoxy) is 1. The van der Waals surface area contributed by atoms with Crippen molar-refractivity contribution in [1.82, 2.24) is 20.4 Å². The lowest BCUT2D eigenvalue weighted by Gasteiger charge is -2.35. The van der Waals surface area contributed by atoms with Gasteiger partial charge in [0, 0.05) is 40.3 Å². The molecule has 1 aliphatic heterocycles. The van der Waals surface area contributed by atoms with Crippen LogP contribution in [0.3, 0.4) is 0 Å². The van der Waals surface area contributed by atoms with E-state index in [1.807, 2.05) is 33.2 Å². The van der Waals surface area contributed by atoms with Gasteiger partial charge in [0.05, 0.1) is 31.2 Å². The topological polar surface area (TPSA) is 69.2 Å². The fraction of sp³-hybridized carbons (Fsp3) is 0.667. The first-order chi connectivity index (χ1) is 15.4. The highest BCUT2D eigenvalue weighted by Gasteiger charge is 2.42. The Labute approximate surface area is 214 Å². The first-order valence-electron chi connectivity index (χ1n) is 11.8. The summed E-state index contributed by atoms with van der Waals surface area (Å²) in [4.78, 5) is 21.8. The number of carbonyl (C=O) groups excluding carboxylic acids is 1. The van der Waals surface area contributed by atoms with Crippen LogP contribution in [0.25, 0.3) is 0 Å². The number of carbonyl (C=O) groups is 1. The summed E-state index contributed by atoms with van der Waals surface area (Å²) in [5.41, 5.74) is 0.665. The first kappa shape index (κ1) is 27.8. The molecule has 1 unspecified atom stereocenters. The SMILES string of the molecule is CCNC(=NCC1(C(=O)N(C)C)CCCC1)NCC(c1ccc(F)cc1)N1CCOCC1.I. The zero-order valence-electron chi connectivity index (χ0n) is 20.1. The lowest BCUT2D eigenvalue weighted by Crippen LogP contribution is -2.47. The summed E-state index contributed by atoms with van der Waals surface area (Å²) in [6.07, 6.45) is 3.92. The smallest absolute Gasteiger partial charge is 0.230 e. The molecule has 186 valence electrons. The van der Waals surface area contributed by atoms with Crippen molar-refractivity contribution >= 4 is 35.8 Å². The van der Waals surface area contributed by atoms with Crippen LogP contribution < -0.4 is 10.6 Å². The maximum atomic E-state index is 13.5. The molecule has 0 aromatic heterocycles. The zero-order valence-corrected chi connectivity index (χ0v) is 22.4. The van der Waals surface area contributed by atoms with E-state index in [0.29, 0.717) is 32.3 Å². The lowest BCUT2D eigenvalue weighted by atomic mass is 9.85. The molecule has 3 rings (SSSR count). The molecule has 1 aliphatic carbocycles. The van der Waals surface area contributed by atoms with E-state index >= 15 is 0 Å². The Morgan fingerprint density at radius 3 is 2.39 bits per heavy atom. The van der Waals surface area contributed by atoms with Crippen molar-refractivity contribution in [2.45, 2.75) is 38.6 Å². The molecule has 0 bridgehead atoms. The van der Waals surface area contributed by atoms with Gasteiger partial charge in [0.15, 0.2) is 5.96 Å². The molecule has 9 heteroatoms. The third-order valence-electron chi connectivity index (χ3n) is 6.51. The first-order valence-corrected chi connectivity index (χ1v) is 11.8. The van der Waals surface area contributed by atoms with Crippen LogP contribution in [0.5, 0.6) is 0 Å². The Balaban J connectivity index is 0.00000385. The highest BCUT2D eigenvalue weighted by atomic mass is 127. The summed E-state index contributed by atoms with van der Waals surface area (Å²) in [7, 11) is 3.65. The van der Waals surface area contributed by atoms with E-state index in [2.05, 4.69) is 15.5 Å². The van der Waals surface area contributed by atoms with Crippen LogP contribution in [0.4, 0.5) is 4.39 Å². The number of nitrogens with one attached hydrogen (secondary N) is 2. The standard InChI is InChI=1S/C24H38FN5O2.HI/c1-4-26-23(28-18-24(11-5-6-12-24)22(31)29(2)3)27-17-21(30-13-15-32-16-14-30)19-7-9-20(25)10-8-19;/h7-10,21H,4-6,11-18H2,1-3H3,(H2,26,27,28);1H. The average molecular weight is 576 g/mol. The number of morpholine rings is 1. The minimum atomic E-state index is -0.396. The van der Waals surface area contributed by atoms with Crippen LogP contribution >= 0.6 is 24.0 Å². The Hall–Kier alpha value is -1.46. The summed E-state index contributed by atoms with van der Waals surface area (Å²) in [5, 5.41) is 6.80. The summed E-state index contributed by atoms with van der Waals surface area (Å²) < 4.78 is 19.0. The molecular formula is C24H39FIN5O2. The third kappa shape index (κ3) is 7.51. The second-order valence-electron chi connectivity index (χ2n) is 8.98. The number of aliphatic imine (C=N–C) groups is 1.